The maximum atomic E-state index is 12.3. The predicted molar refractivity (Wildman–Crippen MR) is 108 cm³/mol. The minimum Gasteiger partial charge on any atom is -0.444 e. The van der Waals surface area contributed by atoms with E-state index in [4.69, 9.17) is 14.8 Å². The highest BCUT2D eigenvalue weighted by Gasteiger charge is 2.71. The topological polar surface area (TPSA) is 91.9 Å². The Kier molecular flexibility index (Phi) is 3.22. The van der Waals surface area contributed by atoms with E-state index in [0.29, 0.717) is 13.1 Å². The number of amides is 1. The van der Waals surface area contributed by atoms with Gasteiger partial charge in [0.2, 0.25) is 0 Å². The number of hydrogen-bond donors (Lipinski definition) is 1. The number of carbonyl (C=O) groups is 1. The SMILES string of the molecule is CC(C)(C)OC(=O)N1Cc2nc(-c3nn(C45CN4C5)c4cc(Br)ncc34)[nH]c2C1. The summed E-state index contributed by atoms with van der Waals surface area (Å²) in [6.45, 7) is 8.57. The van der Waals surface area contributed by atoms with Gasteiger partial charge in [0.05, 0.1) is 30.0 Å². The van der Waals surface area contributed by atoms with Crippen molar-refractivity contribution in [2.75, 3.05) is 13.1 Å². The lowest BCUT2D eigenvalue weighted by Crippen LogP contribution is -2.33. The maximum Gasteiger partial charge on any atom is 0.410 e. The van der Waals surface area contributed by atoms with Crippen LogP contribution in [0.1, 0.15) is 32.2 Å². The largest absolute Gasteiger partial charge is 0.444 e. The number of pyridine rings is 1. The van der Waals surface area contributed by atoms with Crippen molar-refractivity contribution in [3.8, 4) is 11.5 Å². The van der Waals surface area contributed by atoms with E-state index in [0.717, 1.165) is 51.5 Å². The predicted octanol–water partition coefficient (Wildman–Crippen LogP) is 2.82. The monoisotopic (exact) mass is 457 g/mol. The van der Waals surface area contributed by atoms with Gasteiger partial charge in [0.25, 0.3) is 0 Å². The van der Waals surface area contributed by atoms with Crippen LogP contribution in [0.2, 0.25) is 0 Å². The molecule has 0 spiro atoms. The number of fused-ring (bicyclic) bond motifs is 3. The van der Waals surface area contributed by atoms with Crippen LogP contribution in [-0.2, 0) is 23.5 Å². The van der Waals surface area contributed by atoms with Crippen molar-refractivity contribution < 1.29 is 9.53 Å². The van der Waals surface area contributed by atoms with E-state index in [1.54, 1.807) is 4.90 Å². The lowest BCUT2D eigenvalue weighted by molar-refractivity contribution is 0.0239. The Bertz CT molecular complexity index is 1160. The Hall–Kier alpha value is -2.46. The van der Waals surface area contributed by atoms with Crippen molar-refractivity contribution in [1.82, 2.24) is 34.5 Å². The first-order valence-corrected chi connectivity index (χ1v) is 10.4. The molecule has 0 saturated carbocycles. The molecule has 2 saturated heterocycles. The molecule has 0 aliphatic carbocycles. The van der Waals surface area contributed by atoms with Gasteiger partial charge in [-0.2, -0.15) is 5.10 Å². The fourth-order valence-electron chi connectivity index (χ4n) is 3.94. The summed E-state index contributed by atoms with van der Waals surface area (Å²) in [4.78, 5) is 28.9. The fourth-order valence-corrected chi connectivity index (χ4v) is 4.26. The second-order valence-electron chi connectivity index (χ2n) is 8.97. The van der Waals surface area contributed by atoms with Gasteiger partial charge < -0.3 is 9.72 Å². The molecule has 0 atom stereocenters. The Morgan fingerprint density at radius 1 is 1.31 bits per heavy atom. The summed E-state index contributed by atoms with van der Waals surface area (Å²) in [5.74, 6) is 0.718. The van der Waals surface area contributed by atoms with Gasteiger partial charge in [0.15, 0.2) is 5.82 Å². The maximum absolute atomic E-state index is 12.3. The van der Waals surface area contributed by atoms with Gasteiger partial charge in [-0.15, -0.1) is 0 Å². The van der Waals surface area contributed by atoms with Gasteiger partial charge in [-0.1, -0.05) is 0 Å². The van der Waals surface area contributed by atoms with Crippen molar-refractivity contribution >= 4 is 32.9 Å². The summed E-state index contributed by atoms with van der Waals surface area (Å²) in [6, 6.07) is 2.01. The summed E-state index contributed by atoms with van der Waals surface area (Å²) < 4.78 is 8.36. The van der Waals surface area contributed by atoms with Crippen LogP contribution in [-0.4, -0.2) is 59.3 Å². The number of halogens is 1. The second-order valence-corrected chi connectivity index (χ2v) is 9.78. The molecular formula is C19H20BrN7O2. The van der Waals surface area contributed by atoms with Crippen LogP contribution in [0, 0.1) is 0 Å². The molecule has 10 heteroatoms. The third kappa shape index (κ3) is 2.62. The van der Waals surface area contributed by atoms with E-state index >= 15 is 0 Å². The highest BCUT2D eigenvalue weighted by Crippen LogP contribution is 2.54. The Morgan fingerprint density at radius 2 is 2.07 bits per heavy atom. The first kappa shape index (κ1) is 17.4. The summed E-state index contributed by atoms with van der Waals surface area (Å²) in [5.41, 5.74) is 3.17. The standard InChI is InChI=1S/C19H20BrN7O2/c1-18(2,3)29-17(28)25-6-11-12(7-25)23-16(22-11)15-10-5-21-14(20)4-13(10)27(24-15)19-8-26(19)9-19/h4-5H,6-9H2,1-3H3,(H,22,23). The lowest BCUT2D eigenvalue weighted by Gasteiger charge is -2.24. The molecule has 9 nitrogen and oxygen atoms in total. The number of hydrogen-bond acceptors (Lipinski definition) is 6. The zero-order valence-corrected chi connectivity index (χ0v) is 17.9. The normalized spacial score (nSPS) is 24.6. The van der Waals surface area contributed by atoms with Gasteiger partial charge in [-0.25, -0.2) is 19.4 Å². The quantitative estimate of drug-likeness (QED) is 0.469. The zero-order valence-electron chi connectivity index (χ0n) is 16.4. The third-order valence-electron chi connectivity index (χ3n) is 5.63. The van der Waals surface area contributed by atoms with Crippen molar-refractivity contribution in [1.29, 1.82) is 0 Å². The molecule has 0 radical (unpaired) electrons. The molecule has 29 heavy (non-hydrogen) atoms. The lowest BCUT2D eigenvalue weighted by atomic mass is 10.2. The highest BCUT2D eigenvalue weighted by molar-refractivity contribution is 9.10. The Morgan fingerprint density at radius 3 is 2.72 bits per heavy atom. The first-order chi connectivity index (χ1) is 13.7. The van der Waals surface area contributed by atoms with Crippen LogP contribution in [0.4, 0.5) is 4.79 Å². The number of rotatable bonds is 2. The fraction of sp³-hybridized carbons (Fsp3) is 0.474. The highest BCUT2D eigenvalue weighted by atomic mass is 79.9. The number of aromatic nitrogens is 5. The number of carbonyl (C=O) groups excluding carboxylic acids is 1. The van der Waals surface area contributed by atoms with Crippen molar-refractivity contribution in [2.24, 2.45) is 0 Å². The van der Waals surface area contributed by atoms with Crippen molar-refractivity contribution in [3.63, 3.8) is 0 Å². The van der Waals surface area contributed by atoms with E-state index in [1.807, 2.05) is 33.0 Å². The number of nitrogens with one attached hydrogen (secondary N) is 1. The number of aromatic amines is 1. The van der Waals surface area contributed by atoms with Crippen LogP contribution in [0.5, 0.6) is 0 Å². The molecular weight excluding hydrogens is 438 g/mol. The molecule has 150 valence electrons. The number of imidazole rings is 1. The molecule has 1 amide bonds. The summed E-state index contributed by atoms with van der Waals surface area (Å²) >= 11 is 3.47. The van der Waals surface area contributed by atoms with Crippen LogP contribution < -0.4 is 0 Å². The van der Waals surface area contributed by atoms with Gasteiger partial charge in [-0.3, -0.25) is 9.80 Å². The van der Waals surface area contributed by atoms with Crippen LogP contribution in [0.15, 0.2) is 16.9 Å². The van der Waals surface area contributed by atoms with Gasteiger partial charge >= 0.3 is 6.09 Å². The van der Waals surface area contributed by atoms with Gasteiger partial charge in [0, 0.05) is 24.7 Å². The number of H-pyrrole nitrogens is 1. The molecule has 0 bridgehead atoms. The average molecular weight is 458 g/mol. The minimum atomic E-state index is -0.516. The molecule has 3 aromatic rings. The van der Waals surface area contributed by atoms with E-state index < -0.39 is 5.60 Å². The van der Waals surface area contributed by atoms with Crippen LogP contribution in [0.3, 0.4) is 0 Å². The minimum absolute atomic E-state index is 0.0557. The van der Waals surface area contributed by atoms with Crippen molar-refractivity contribution in [2.45, 2.75) is 45.1 Å². The Labute approximate surface area is 175 Å². The average Bonchev–Trinajstić information content (AvgIpc) is 3.26. The Balaban J connectivity index is 1.33. The molecule has 2 fully saturated rings. The second kappa shape index (κ2) is 5.37. The number of nitrogens with zero attached hydrogens (tertiary/aromatic N) is 6. The molecule has 3 aliphatic rings. The molecule has 0 unspecified atom stereocenters. The smallest absolute Gasteiger partial charge is 0.410 e. The molecule has 6 heterocycles. The van der Waals surface area contributed by atoms with E-state index in [1.165, 1.54) is 0 Å². The van der Waals surface area contributed by atoms with E-state index in [2.05, 4.69) is 35.5 Å². The summed E-state index contributed by atoms with van der Waals surface area (Å²) in [5, 5.41) is 5.88. The molecule has 6 rings (SSSR count). The molecule has 1 N–H and O–H groups in total. The molecule has 3 aromatic heterocycles. The van der Waals surface area contributed by atoms with Crippen LogP contribution in [0.25, 0.3) is 22.4 Å². The van der Waals surface area contributed by atoms with Crippen LogP contribution >= 0.6 is 15.9 Å². The summed E-state index contributed by atoms with van der Waals surface area (Å²) in [7, 11) is 0. The van der Waals surface area contributed by atoms with Gasteiger partial charge in [0.1, 0.15) is 21.6 Å². The molecule has 0 aromatic carbocycles. The number of ether oxygens (including phenoxy) is 1. The van der Waals surface area contributed by atoms with E-state index in [9.17, 15) is 4.79 Å². The van der Waals surface area contributed by atoms with Crippen molar-refractivity contribution in [3.05, 3.63) is 28.3 Å². The van der Waals surface area contributed by atoms with Gasteiger partial charge in [-0.05, 0) is 42.8 Å². The summed E-state index contributed by atoms with van der Waals surface area (Å²) in [6.07, 6.45) is 1.51. The molecule has 3 aliphatic heterocycles. The van der Waals surface area contributed by atoms with E-state index in [-0.39, 0.29) is 11.8 Å². The third-order valence-corrected chi connectivity index (χ3v) is 6.06. The zero-order chi connectivity index (χ0) is 20.1. The first-order valence-electron chi connectivity index (χ1n) is 9.59.